The molecule has 9 heteroatoms. The van der Waals surface area contributed by atoms with Gasteiger partial charge in [0.05, 0.1) is 18.7 Å². The van der Waals surface area contributed by atoms with Crippen LogP contribution in [-0.4, -0.2) is 33.2 Å². The molecule has 24 heavy (non-hydrogen) atoms. The Morgan fingerprint density at radius 1 is 1.42 bits per heavy atom. The van der Waals surface area contributed by atoms with Crippen molar-refractivity contribution in [2.75, 3.05) is 12.4 Å². The molecule has 1 heterocycles. The molecule has 0 spiro atoms. The minimum absolute atomic E-state index is 0.150. The van der Waals surface area contributed by atoms with Crippen LogP contribution in [0, 0.1) is 0 Å². The lowest BCUT2D eigenvalue weighted by Crippen LogP contribution is -2.10. The van der Waals surface area contributed by atoms with Gasteiger partial charge in [-0.3, -0.25) is 10.1 Å². The minimum atomic E-state index is -0.400. The number of tetrazole rings is 1. The number of hydrogen-bond acceptors (Lipinski definition) is 5. The van der Waals surface area contributed by atoms with Crippen LogP contribution in [0.2, 0.25) is 10.0 Å². The molecule has 0 unspecified atom stereocenters. The van der Waals surface area contributed by atoms with E-state index in [4.69, 9.17) is 27.9 Å². The second-order valence-electron chi connectivity index (χ2n) is 4.90. The fraction of sp³-hybridized carbons (Fsp3) is 0.333. The summed E-state index contributed by atoms with van der Waals surface area (Å²) >= 11 is 12.0. The van der Waals surface area contributed by atoms with E-state index in [2.05, 4.69) is 27.7 Å². The number of halogens is 2. The van der Waals surface area contributed by atoms with Crippen molar-refractivity contribution in [1.82, 2.24) is 20.2 Å². The van der Waals surface area contributed by atoms with Gasteiger partial charge in [0.1, 0.15) is 5.75 Å². The Kier molecular flexibility index (Phi) is 6.57. The number of aromatic nitrogens is 4. The van der Waals surface area contributed by atoms with Crippen molar-refractivity contribution >= 4 is 41.1 Å². The van der Waals surface area contributed by atoms with E-state index in [1.54, 1.807) is 18.2 Å². The van der Waals surface area contributed by atoms with Crippen LogP contribution in [-0.2, 0) is 11.3 Å². The highest BCUT2D eigenvalue weighted by Gasteiger charge is 2.09. The zero-order chi connectivity index (χ0) is 17.5. The number of methoxy groups -OCH3 is 1. The smallest absolute Gasteiger partial charge is 0.270 e. The third kappa shape index (κ3) is 4.94. The number of nitrogens with one attached hydrogen (secondary N) is 1. The second kappa shape index (κ2) is 8.65. The van der Waals surface area contributed by atoms with Crippen molar-refractivity contribution in [3.8, 4) is 5.75 Å². The van der Waals surface area contributed by atoms with Crippen molar-refractivity contribution < 1.29 is 9.53 Å². The number of aryl methyl sites for hydroxylation is 1. The van der Waals surface area contributed by atoms with Gasteiger partial charge in [-0.05, 0) is 29.8 Å². The third-order valence-corrected chi connectivity index (χ3v) is 3.55. The Balaban J connectivity index is 2.04. The number of ether oxygens (including phenoxy) is 1. The number of nitrogens with zero attached hydrogens (tertiary/aromatic N) is 4. The monoisotopic (exact) mass is 369 g/mol. The van der Waals surface area contributed by atoms with Crippen LogP contribution in [0.25, 0.3) is 6.08 Å². The molecule has 1 aromatic heterocycles. The number of amides is 1. The topological polar surface area (TPSA) is 81.9 Å². The summed E-state index contributed by atoms with van der Waals surface area (Å²) in [5.74, 6) is 0.189. The van der Waals surface area contributed by atoms with Crippen LogP contribution in [0.1, 0.15) is 25.3 Å². The van der Waals surface area contributed by atoms with Gasteiger partial charge in [0, 0.05) is 16.7 Å². The summed E-state index contributed by atoms with van der Waals surface area (Å²) in [5.41, 5.74) is 0.588. The van der Waals surface area contributed by atoms with Crippen molar-refractivity contribution in [1.29, 1.82) is 0 Å². The molecule has 2 aromatic rings. The molecule has 7 nitrogen and oxygen atoms in total. The van der Waals surface area contributed by atoms with E-state index in [1.807, 2.05) is 0 Å². The van der Waals surface area contributed by atoms with E-state index in [9.17, 15) is 4.79 Å². The van der Waals surface area contributed by atoms with Gasteiger partial charge in [-0.25, -0.2) is 0 Å². The highest BCUT2D eigenvalue weighted by atomic mass is 35.5. The first kappa shape index (κ1) is 18.2. The Bertz CT molecular complexity index is 745. The molecule has 0 bridgehead atoms. The van der Waals surface area contributed by atoms with E-state index in [-0.39, 0.29) is 5.95 Å². The average Bonchev–Trinajstić information content (AvgIpc) is 2.97. The van der Waals surface area contributed by atoms with Gasteiger partial charge in [-0.15, -0.1) is 5.10 Å². The van der Waals surface area contributed by atoms with Crippen LogP contribution in [0.3, 0.4) is 0 Å². The maximum absolute atomic E-state index is 12.0. The lowest BCUT2D eigenvalue weighted by molar-refractivity contribution is -0.111. The minimum Gasteiger partial charge on any atom is -0.495 e. The van der Waals surface area contributed by atoms with E-state index in [1.165, 1.54) is 18.0 Å². The molecule has 1 amide bonds. The van der Waals surface area contributed by atoms with Gasteiger partial charge in [-0.1, -0.05) is 41.6 Å². The Hall–Kier alpha value is -2.12. The van der Waals surface area contributed by atoms with Crippen LogP contribution in [0.15, 0.2) is 18.2 Å². The molecular formula is C15H17Cl2N5O2. The fourth-order valence-electron chi connectivity index (χ4n) is 1.92. The summed E-state index contributed by atoms with van der Waals surface area (Å²) in [6, 6.07) is 3.22. The molecule has 128 valence electrons. The van der Waals surface area contributed by atoms with E-state index in [0.29, 0.717) is 27.9 Å². The maximum atomic E-state index is 12.0. The third-order valence-electron chi connectivity index (χ3n) is 3.06. The molecule has 0 saturated heterocycles. The molecule has 0 aliphatic heterocycles. The number of carbonyl (C=O) groups excluding carboxylic acids is 1. The van der Waals surface area contributed by atoms with Gasteiger partial charge >= 0.3 is 0 Å². The predicted octanol–water partition coefficient (Wildman–Crippen LogP) is 3.44. The zero-order valence-electron chi connectivity index (χ0n) is 13.3. The summed E-state index contributed by atoms with van der Waals surface area (Å²) in [6.45, 7) is 2.73. The lowest BCUT2D eigenvalue weighted by Gasteiger charge is -2.07. The molecule has 0 aliphatic rings. The van der Waals surface area contributed by atoms with Crippen LogP contribution >= 0.6 is 23.2 Å². The molecule has 1 aromatic carbocycles. The Morgan fingerprint density at radius 3 is 2.92 bits per heavy atom. The van der Waals surface area contributed by atoms with Crippen molar-refractivity contribution in [2.24, 2.45) is 0 Å². The van der Waals surface area contributed by atoms with Gasteiger partial charge in [0.2, 0.25) is 0 Å². The normalized spacial score (nSPS) is 11.0. The second-order valence-corrected chi connectivity index (χ2v) is 5.74. The van der Waals surface area contributed by atoms with Crippen LogP contribution in [0.5, 0.6) is 5.75 Å². The molecule has 1 N–H and O–H groups in total. The quantitative estimate of drug-likeness (QED) is 0.755. The molecule has 0 radical (unpaired) electrons. The largest absolute Gasteiger partial charge is 0.495 e. The molecule has 2 rings (SSSR count). The molecular weight excluding hydrogens is 353 g/mol. The van der Waals surface area contributed by atoms with Crippen molar-refractivity contribution in [3.63, 3.8) is 0 Å². The first-order valence-corrected chi connectivity index (χ1v) is 8.09. The Labute approximate surface area is 149 Å². The van der Waals surface area contributed by atoms with Crippen molar-refractivity contribution in [3.05, 3.63) is 33.8 Å². The maximum Gasteiger partial charge on any atom is 0.270 e. The van der Waals surface area contributed by atoms with Gasteiger partial charge in [0.25, 0.3) is 11.9 Å². The van der Waals surface area contributed by atoms with E-state index in [0.717, 1.165) is 12.8 Å². The summed E-state index contributed by atoms with van der Waals surface area (Å²) in [5, 5.41) is 15.0. The summed E-state index contributed by atoms with van der Waals surface area (Å²) in [4.78, 5) is 13.4. The predicted molar refractivity (Wildman–Crippen MR) is 93.4 cm³/mol. The SMILES string of the molecule is CCCCn1nnc(NC(=O)C=Cc2cc(Cl)cc(Cl)c2OC)n1. The van der Waals surface area contributed by atoms with Crippen LogP contribution < -0.4 is 10.1 Å². The van der Waals surface area contributed by atoms with Crippen molar-refractivity contribution in [2.45, 2.75) is 26.3 Å². The van der Waals surface area contributed by atoms with Crippen LogP contribution in [0.4, 0.5) is 5.95 Å². The number of carbonyl (C=O) groups is 1. The summed E-state index contributed by atoms with van der Waals surface area (Å²) in [7, 11) is 1.49. The molecule has 0 fully saturated rings. The highest BCUT2D eigenvalue weighted by molar-refractivity contribution is 6.36. The fourth-order valence-corrected chi connectivity index (χ4v) is 2.51. The molecule has 0 atom stereocenters. The highest BCUT2D eigenvalue weighted by Crippen LogP contribution is 2.32. The number of unbranched alkanes of at least 4 members (excludes halogenated alkanes) is 1. The van der Waals surface area contributed by atoms with E-state index < -0.39 is 5.91 Å². The zero-order valence-corrected chi connectivity index (χ0v) is 14.8. The molecule has 0 aliphatic carbocycles. The average molecular weight is 370 g/mol. The lowest BCUT2D eigenvalue weighted by atomic mass is 10.2. The number of anilines is 1. The van der Waals surface area contributed by atoms with Gasteiger partial charge in [0.15, 0.2) is 0 Å². The first-order chi connectivity index (χ1) is 11.5. The van der Waals surface area contributed by atoms with Gasteiger partial charge < -0.3 is 4.74 Å². The number of benzene rings is 1. The van der Waals surface area contributed by atoms with Gasteiger partial charge in [-0.2, -0.15) is 4.80 Å². The summed E-state index contributed by atoms with van der Waals surface area (Å²) in [6.07, 6.45) is 4.83. The van der Waals surface area contributed by atoms with E-state index >= 15 is 0 Å². The summed E-state index contributed by atoms with van der Waals surface area (Å²) < 4.78 is 5.21. The first-order valence-electron chi connectivity index (χ1n) is 7.33. The number of rotatable bonds is 7. The number of hydrogen-bond donors (Lipinski definition) is 1. The molecule has 0 saturated carbocycles. The Morgan fingerprint density at radius 2 is 2.21 bits per heavy atom. The standard InChI is InChI=1S/C15H17Cl2N5O2/c1-3-4-7-22-20-15(19-21-22)18-13(23)6-5-10-8-11(16)9-12(17)14(10)24-2/h5-6,8-9H,3-4,7H2,1-2H3,(H,18,20,23).